The van der Waals surface area contributed by atoms with E-state index in [1.165, 1.54) is 41.6 Å². The Hall–Kier alpha value is -3.13. The monoisotopic (exact) mass is 594 g/mol. The van der Waals surface area contributed by atoms with Crippen LogP contribution in [0.4, 0.5) is 10.2 Å². The molecule has 4 atom stereocenters. The second kappa shape index (κ2) is 9.45. The molecule has 5 heterocycles. The molecule has 1 saturated carbocycles. The van der Waals surface area contributed by atoms with Crippen LogP contribution in [-0.2, 0) is 10.2 Å². The summed E-state index contributed by atoms with van der Waals surface area (Å²) < 4.78 is 43.8. The molecule has 2 N–H and O–H groups in total. The molecule has 1 aromatic carbocycles. The van der Waals surface area contributed by atoms with E-state index in [9.17, 15) is 12.8 Å². The zero-order chi connectivity index (χ0) is 28.7. The van der Waals surface area contributed by atoms with Gasteiger partial charge in [0, 0.05) is 68.2 Å². The van der Waals surface area contributed by atoms with Crippen molar-refractivity contribution in [3.8, 4) is 11.1 Å². The van der Waals surface area contributed by atoms with Gasteiger partial charge in [0.25, 0.3) is 0 Å². The van der Waals surface area contributed by atoms with Crippen molar-refractivity contribution in [1.29, 1.82) is 0 Å². The number of nitrogens with two attached hydrogens (primary N) is 1. The van der Waals surface area contributed by atoms with Gasteiger partial charge < -0.3 is 10.6 Å². The van der Waals surface area contributed by atoms with E-state index in [1.54, 1.807) is 24.4 Å². The number of benzene rings is 1. The molecule has 4 aromatic rings. The van der Waals surface area contributed by atoms with Gasteiger partial charge in [0.05, 0.1) is 17.3 Å². The molecule has 0 amide bonds. The van der Waals surface area contributed by atoms with Crippen LogP contribution in [0.2, 0.25) is 0 Å². The first-order valence-electron chi connectivity index (χ1n) is 13.7. The van der Waals surface area contributed by atoms with Crippen molar-refractivity contribution in [1.82, 2.24) is 23.2 Å². The highest BCUT2D eigenvalue weighted by atomic mass is 32.2. The minimum atomic E-state index is -3.94. The summed E-state index contributed by atoms with van der Waals surface area (Å²) in [4.78, 5) is 21.0. The fraction of sp³-hybridized carbons (Fsp3) is 0.429. The van der Waals surface area contributed by atoms with Crippen molar-refractivity contribution in [3.05, 3.63) is 48.7 Å². The first-order valence-corrected chi connectivity index (χ1v) is 16.1. The van der Waals surface area contributed by atoms with E-state index in [2.05, 4.69) is 16.8 Å². The molecular weight excluding hydrogens is 563 g/mol. The fourth-order valence-electron chi connectivity index (χ4n) is 6.65. The maximum Gasteiger partial charge on any atom is 0.308 e. The summed E-state index contributed by atoms with van der Waals surface area (Å²) in [5.41, 5.74) is 8.32. The minimum absolute atomic E-state index is 0.0684. The van der Waals surface area contributed by atoms with Gasteiger partial charge in [-0.1, -0.05) is 12.1 Å². The zero-order valence-corrected chi connectivity index (χ0v) is 24.7. The largest absolute Gasteiger partial charge is 0.355 e. The smallest absolute Gasteiger partial charge is 0.308 e. The lowest BCUT2D eigenvalue weighted by atomic mass is 10.0. The summed E-state index contributed by atoms with van der Waals surface area (Å²) in [5.74, 6) is 2.05. The van der Waals surface area contributed by atoms with Crippen LogP contribution in [0.15, 0.2) is 47.8 Å². The lowest BCUT2D eigenvalue weighted by molar-refractivity contribution is 0.512. The summed E-state index contributed by atoms with van der Waals surface area (Å²) in [6, 6.07) is 6.78. The van der Waals surface area contributed by atoms with Crippen molar-refractivity contribution in [2.75, 3.05) is 44.4 Å². The highest BCUT2D eigenvalue weighted by Crippen LogP contribution is 2.65. The van der Waals surface area contributed by atoms with Crippen LogP contribution in [-0.4, -0.2) is 82.2 Å². The van der Waals surface area contributed by atoms with Crippen LogP contribution in [0.25, 0.3) is 33.2 Å². The van der Waals surface area contributed by atoms with Gasteiger partial charge in [-0.25, -0.2) is 18.3 Å². The Kier molecular flexibility index (Phi) is 6.16. The van der Waals surface area contributed by atoms with Crippen LogP contribution < -0.4 is 10.6 Å². The van der Waals surface area contributed by atoms with E-state index >= 15 is 0 Å². The third-order valence-electron chi connectivity index (χ3n) is 8.86. The number of piperidine rings is 1. The van der Waals surface area contributed by atoms with Gasteiger partial charge in [0.1, 0.15) is 22.7 Å². The Morgan fingerprint density at radius 1 is 1.17 bits per heavy atom. The van der Waals surface area contributed by atoms with Crippen LogP contribution in [0.3, 0.4) is 0 Å². The maximum atomic E-state index is 14.6. The number of aliphatic imine (C=N–C) groups is 1. The topological polar surface area (TPSA) is 123 Å². The summed E-state index contributed by atoms with van der Waals surface area (Å²) in [7, 11) is -0.984. The van der Waals surface area contributed by atoms with Crippen molar-refractivity contribution in [2.24, 2.45) is 28.0 Å². The number of halogens is 1. The van der Waals surface area contributed by atoms with Gasteiger partial charge in [-0.05, 0) is 42.9 Å². The van der Waals surface area contributed by atoms with Gasteiger partial charge in [-0.15, -0.1) is 11.8 Å². The van der Waals surface area contributed by atoms with Gasteiger partial charge in [0.2, 0.25) is 0 Å². The molecule has 2 fully saturated rings. The molecule has 3 unspecified atom stereocenters. The summed E-state index contributed by atoms with van der Waals surface area (Å²) in [5, 5.41) is 1.76. The highest BCUT2D eigenvalue weighted by Gasteiger charge is 2.68. The fourth-order valence-corrected chi connectivity index (χ4v) is 8.97. The molecule has 7 rings (SSSR count). The van der Waals surface area contributed by atoms with E-state index in [1.807, 2.05) is 11.8 Å². The van der Waals surface area contributed by atoms with Gasteiger partial charge >= 0.3 is 10.2 Å². The van der Waals surface area contributed by atoms with Gasteiger partial charge in [0.15, 0.2) is 5.65 Å². The zero-order valence-electron chi connectivity index (χ0n) is 23.0. The molecular formula is C28H31FN8O2S2. The molecule has 10 nitrogen and oxygen atoms in total. The Balaban J connectivity index is 1.32. The Morgan fingerprint density at radius 2 is 2.00 bits per heavy atom. The lowest BCUT2D eigenvalue weighted by Crippen LogP contribution is -2.33. The summed E-state index contributed by atoms with van der Waals surface area (Å²) in [6.45, 7) is 4.26. The standard InChI is InChI=1S/C28H31FN8O2S2/c1-16-14-40-27(33-16)28(15-30)20-8-10-36(13-21(20)28)23-11-32-25-19(12-37(26(25)34-23)41(38,39)35(2)3)17-6-7-22(29)24-18(17)5-4-9-31-24/h4-7,9,11-12,16,20-21H,8,10,13-15,30H2,1-3H3/t16?,20?,21?,28-/m0/s1. The third kappa shape index (κ3) is 3.93. The number of thioether (sulfide) groups is 1. The van der Waals surface area contributed by atoms with Crippen molar-refractivity contribution in [2.45, 2.75) is 19.4 Å². The average molecular weight is 595 g/mol. The molecule has 41 heavy (non-hydrogen) atoms. The molecule has 3 aliphatic rings. The maximum absolute atomic E-state index is 14.6. The van der Waals surface area contributed by atoms with Crippen LogP contribution in [0, 0.1) is 23.1 Å². The quantitative estimate of drug-likeness (QED) is 0.361. The molecule has 13 heteroatoms. The molecule has 3 aromatic heterocycles. The molecule has 0 bridgehead atoms. The predicted octanol–water partition coefficient (Wildman–Crippen LogP) is 3.38. The number of anilines is 1. The number of hydrogen-bond acceptors (Lipinski definition) is 9. The van der Waals surface area contributed by atoms with E-state index in [4.69, 9.17) is 20.7 Å². The molecule has 1 saturated heterocycles. The molecule has 214 valence electrons. The second-order valence-corrected chi connectivity index (χ2v) is 14.3. The van der Waals surface area contributed by atoms with Gasteiger partial charge in [-0.3, -0.25) is 9.98 Å². The van der Waals surface area contributed by atoms with Crippen molar-refractivity contribution >= 4 is 54.9 Å². The van der Waals surface area contributed by atoms with Crippen molar-refractivity contribution in [3.63, 3.8) is 0 Å². The third-order valence-corrected chi connectivity index (χ3v) is 12.0. The normalized spacial score (nSPS) is 26.1. The molecule has 0 spiro atoms. The lowest BCUT2D eigenvalue weighted by Gasteiger charge is -2.27. The highest BCUT2D eigenvalue weighted by molar-refractivity contribution is 8.14. The molecule has 2 aliphatic heterocycles. The minimum Gasteiger partial charge on any atom is -0.355 e. The second-order valence-electron chi connectivity index (χ2n) is 11.3. The number of rotatable bonds is 6. The Morgan fingerprint density at radius 3 is 2.73 bits per heavy atom. The van der Waals surface area contributed by atoms with E-state index < -0.39 is 16.0 Å². The average Bonchev–Trinajstić information content (AvgIpc) is 3.19. The number of pyridine rings is 1. The van der Waals surface area contributed by atoms with Crippen LogP contribution in [0.1, 0.15) is 13.3 Å². The first kappa shape index (κ1) is 26.7. The first-order chi connectivity index (χ1) is 19.7. The molecule has 0 radical (unpaired) electrons. The van der Waals surface area contributed by atoms with E-state index in [-0.39, 0.29) is 16.6 Å². The number of hydrogen-bond donors (Lipinski definition) is 1. The molecule has 1 aliphatic carbocycles. The number of nitrogens with zero attached hydrogens (tertiary/aromatic N) is 7. The van der Waals surface area contributed by atoms with E-state index in [0.29, 0.717) is 52.3 Å². The number of fused-ring (bicyclic) bond motifs is 3. The van der Waals surface area contributed by atoms with Crippen LogP contribution >= 0.6 is 11.8 Å². The number of aromatic nitrogens is 4. The van der Waals surface area contributed by atoms with E-state index in [0.717, 1.165) is 29.6 Å². The predicted molar refractivity (Wildman–Crippen MR) is 161 cm³/mol. The van der Waals surface area contributed by atoms with Crippen molar-refractivity contribution < 1.29 is 12.8 Å². The summed E-state index contributed by atoms with van der Waals surface area (Å²) >= 11 is 1.84. The van der Waals surface area contributed by atoms with Gasteiger partial charge in [-0.2, -0.15) is 12.7 Å². The van der Waals surface area contributed by atoms with Crippen LogP contribution in [0.5, 0.6) is 0 Å². The Labute approximate surface area is 242 Å². The Bertz CT molecular complexity index is 1840. The SMILES string of the molecule is CC1CSC([C@@]2(CN)C3CCN(c4cnc5c(-c6ccc(F)c7ncccc67)cn(S(=O)(=O)N(C)C)c5n4)CC32)=N1. The summed E-state index contributed by atoms with van der Waals surface area (Å²) in [6.07, 6.45) is 5.72.